The Kier molecular flexibility index (Phi) is 10.2. The third-order valence-electron chi connectivity index (χ3n) is 4.69. The number of phosphoric ester groups is 1. The molecule has 184 valence electrons. The van der Waals surface area contributed by atoms with Crippen molar-refractivity contribution in [3.05, 3.63) is 46.9 Å². The summed E-state index contributed by atoms with van der Waals surface area (Å²) in [5.74, 6) is -0.337. The van der Waals surface area contributed by atoms with Crippen molar-refractivity contribution < 1.29 is 41.6 Å². The van der Waals surface area contributed by atoms with Gasteiger partial charge in [-0.15, -0.1) is 0 Å². The fourth-order valence-electron chi connectivity index (χ4n) is 2.96. The number of rotatable bonds is 13. The third-order valence-corrected chi connectivity index (χ3v) is 5.17. The first-order chi connectivity index (χ1) is 15.5. The average molecular weight is 492 g/mol. The van der Waals surface area contributed by atoms with E-state index in [-0.39, 0.29) is 29.4 Å². The Labute approximate surface area is 190 Å². The van der Waals surface area contributed by atoms with Crippen LogP contribution < -0.4 is 10.5 Å². The van der Waals surface area contributed by atoms with E-state index in [0.717, 1.165) is 38.2 Å². The van der Waals surface area contributed by atoms with Crippen LogP contribution in [0.5, 0.6) is 5.75 Å². The first-order valence-corrected chi connectivity index (χ1v) is 12.1. The van der Waals surface area contributed by atoms with Crippen LogP contribution in [0.2, 0.25) is 0 Å². The Balaban J connectivity index is 2.06. The third kappa shape index (κ3) is 9.33. The van der Waals surface area contributed by atoms with E-state index < -0.39 is 32.2 Å². The number of phosphoric acid groups is 1. The lowest BCUT2D eigenvalue weighted by Gasteiger charge is -2.17. The van der Waals surface area contributed by atoms with E-state index in [4.69, 9.17) is 25.1 Å². The Morgan fingerprint density at radius 1 is 1.21 bits per heavy atom. The second kappa shape index (κ2) is 12.4. The maximum atomic E-state index is 13.6. The zero-order valence-electron chi connectivity index (χ0n) is 18.2. The minimum absolute atomic E-state index is 0.0647. The van der Waals surface area contributed by atoms with Crippen molar-refractivity contribution in [2.45, 2.75) is 57.7 Å². The number of benzene rings is 1. The van der Waals surface area contributed by atoms with Crippen molar-refractivity contribution >= 4 is 13.5 Å². The summed E-state index contributed by atoms with van der Waals surface area (Å²) in [5.41, 5.74) is 7.56. The predicted molar refractivity (Wildman–Crippen MR) is 116 cm³/mol. The SMILES string of the molecule is CCCCCCCCOc1ccc(C2=NOC(C(N)COP(=O)(O)O)=C=C2)cc1C(F)(F)F. The van der Waals surface area contributed by atoms with Crippen molar-refractivity contribution in [2.24, 2.45) is 10.9 Å². The quantitative estimate of drug-likeness (QED) is 0.208. The molecule has 1 aromatic rings. The molecular weight excluding hydrogens is 464 g/mol. The summed E-state index contributed by atoms with van der Waals surface area (Å²) in [6.07, 6.45) is 2.61. The molecule has 0 saturated carbocycles. The van der Waals surface area contributed by atoms with Crippen LogP contribution in [0.1, 0.15) is 56.6 Å². The second-order valence-corrected chi connectivity index (χ2v) is 8.68. The largest absolute Gasteiger partial charge is 0.493 e. The van der Waals surface area contributed by atoms with Crippen molar-refractivity contribution in [2.75, 3.05) is 13.2 Å². The molecule has 0 spiro atoms. The molecule has 0 bridgehead atoms. The van der Waals surface area contributed by atoms with Gasteiger partial charge in [-0.25, -0.2) is 4.57 Å². The molecule has 0 fully saturated rings. The summed E-state index contributed by atoms with van der Waals surface area (Å²) in [5, 5.41) is 3.73. The van der Waals surface area contributed by atoms with Crippen LogP contribution in [-0.2, 0) is 20.1 Å². The van der Waals surface area contributed by atoms with E-state index in [9.17, 15) is 17.7 Å². The number of alkyl halides is 3. The summed E-state index contributed by atoms with van der Waals surface area (Å²) in [6.45, 7) is 1.74. The predicted octanol–water partition coefficient (Wildman–Crippen LogP) is 4.65. The highest BCUT2D eigenvalue weighted by Crippen LogP contribution is 2.38. The molecule has 0 radical (unpaired) electrons. The van der Waals surface area contributed by atoms with Crippen molar-refractivity contribution in [1.82, 2.24) is 0 Å². The fraction of sp³-hybridized carbons (Fsp3) is 0.524. The number of nitrogens with zero attached hydrogens (tertiary/aromatic N) is 1. The van der Waals surface area contributed by atoms with Gasteiger partial charge in [0.05, 0.1) is 24.8 Å². The number of halogens is 3. The molecule has 1 atom stereocenters. The first kappa shape index (κ1) is 27.1. The first-order valence-electron chi connectivity index (χ1n) is 10.5. The lowest BCUT2D eigenvalue weighted by atomic mass is 10.0. The lowest BCUT2D eigenvalue weighted by molar-refractivity contribution is -0.139. The van der Waals surface area contributed by atoms with Gasteiger partial charge in [-0.3, -0.25) is 4.52 Å². The van der Waals surface area contributed by atoms with E-state index in [2.05, 4.69) is 22.3 Å². The molecule has 8 nitrogen and oxygen atoms in total. The number of hydrogen-bond acceptors (Lipinski definition) is 6. The normalized spacial score (nSPS) is 15.0. The van der Waals surface area contributed by atoms with Crippen LogP contribution in [0.25, 0.3) is 0 Å². The minimum Gasteiger partial charge on any atom is -0.493 e. The highest BCUT2D eigenvalue weighted by molar-refractivity contribution is 7.46. The second-order valence-electron chi connectivity index (χ2n) is 7.44. The van der Waals surface area contributed by atoms with Crippen LogP contribution in [-0.4, -0.2) is 34.8 Å². The number of ether oxygens (including phenoxy) is 1. The zero-order chi connectivity index (χ0) is 24.5. The van der Waals surface area contributed by atoms with Crippen LogP contribution in [0.15, 0.2) is 40.9 Å². The van der Waals surface area contributed by atoms with Gasteiger partial charge in [0.1, 0.15) is 11.5 Å². The molecule has 2 rings (SSSR count). The van der Waals surface area contributed by atoms with Gasteiger partial charge in [-0.2, -0.15) is 13.2 Å². The number of nitrogens with two attached hydrogens (primary N) is 1. The molecule has 1 heterocycles. The number of oxime groups is 1. The highest BCUT2D eigenvalue weighted by Gasteiger charge is 2.35. The Hall–Kier alpha value is -2.13. The smallest absolute Gasteiger partial charge is 0.469 e. The van der Waals surface area contributed by atoms with Gasteiger partial charge in [0, 0.05) is 11.6 Å². The molecule has 12 heteroatoms. The van der Waals surface area contributed by atoms with Crippen LogP contribution in [0, 0.1) is 0 Å². The van der Waals surface area contributed by atoms with E-state index in [1.165, 1.54) is 18.2 Å². The summed E-state index contributed by atoms with van der Waals surface area (Å²) in [4.78, 5) is 22.5. The van der Waals surface area contributed by atoms with Crippen LogP contribution in [0.4, 0.5) is 13.2 Å². The zero-order valence-corrected chi connectivity index (χ0v) is 19.1. The van der Waals surface area contributed by atoms with Gasteiger partial charge in [0.25, 0.3) is 0 Å². The van der Waals surface area contributed by atoms with Gasteiger partial charge in [-0.1, -0.05) is 49.9 Å². The molecule has 0 aromatic heterocycles. The van der Waals surface area contributed by atoms with Gasteiger partial charge in [0.15, 0.2) is 5.76 Å². The number of unbranched alkanes of at least 4 members (excludes halogenated alkanes) is 5. The van der Waals surface area contributed by atoms with E-state index in [1.807, 2.05) is 0 Å². The van der Waals surface area contributed by atoms with E-state index in [1.54, 1.807) is 0 Å². The lowest BCUT2D eigenvalue weighted by Crippen LogP contribution is -2.29. The fourth-order valence-corrected chi connectivity index (χ4v) is 3.31. The molecule has 0 aliphatic carbocycles. The molecule has 4 N–H and O–H groups in total. The van der Waals surface area contributed by atoms with Gasteiger partial charge in [0.2, 0.25) is 0 Å². The molecule has 1 aliphatic rings. The molecule has 33 heavy (non-hydrogen) atoms. The Morgan fingerprint density at radius 3 is 2.52 bits per heavy atom. The van der Waals surface area contributed by atoms with Gasteiger partial charge in [-0.05, 0) is 24.6 Å². The van der Waals surface area contributed by atoms with Crippen molar-refractivity contribution in [3.63, 3.8) is 0 Å². The summed E-state index contributed by atoms with van der Waals surface area (Å²) in [6, 6.07) is 2.50. The monoisotopic (exact) mass is 492 g/mol. The average Bonchev–Trinajstić information content (AvgIpc) is 2.76. The molecule has 1 unspecified atom stereocenters. The van der Waals surface area contributed by atoms with Crippen LogP contribution >= 0.6 is 7.82 Å². The maximum Gasteiger partial charge on any atom is 0.469 e. The summed E-state index contributed by atoms with van der Waals surface area (Å²) in [7, 11) is -4.72. The van der Waals surface area contributed by atoms with E-state index >= 15 is 0 Å². The number of hydrogen-bond donors (Lipinski definition) is 3. The van der Waals surface area contributed by atoms with Crippen molar-refractivity contribution in [3.8, 4) is 5.75 Å². The molecule has 0 amide bonds. The molecule has 1 aliphatic heterocycles. The molecule has 1 aromatic carbocycles. The Morgan fingerprint density at radius 2 is 1.91 bits per heavy atom. The Bertz CT molecular complexity index is 938. The van der Waals surface area contributed by atoms with E-state index in [0.29, 0.717) is 6.42 Å². The standard InChI is InChI=1S/C21H28F3N2O6P/c1-2-3-4-5-6-7-12-30-19-10-8-15(13-16(19)21(22,23)24)18-9-11-20(32-26-18)17(25)14-31-33(27,28)29/h8-10,13,17H,2-7,12,14,25H2,1H3,(H2,27,28,29). The summed E-state index contributed by atoms with van der Waals surface area (Å²) >= 11 is 0. The minimum atomic E-state index is -4.72. The van der Waals surface area contributed by atoms with Gasteiger partial charge < -0.3 is 25.1 Å². The molecular formula is C21H28F3N2O6P. The molecule has 0 saturated heterocycles. The van der Waals surface area contributed by atoms with Crippen LogP contribution in [0.3, 0.4) is 0 Å². The highest BCUT2D eigenvalue weighted by atomic mass is 31.2. The summed E-state index contributed by atoms with van der Waals surface area (Å²) < 4.78 is 61.2. The maximum absolute atomic E-state index is 13.6. The van der Waals surface area contributed by atoms with Crippen molar-refractivity contribution in [1.29, 1.82) is 0 Å². The topological polar surface area (TPSA) is 124 Å². The van der Waals surface area contributed by atoms with Gasteiger partial charge >= 0.3 is 14.0 Å².